The second-order valence-electron chi connectivity index (χ2n) is 10.5. The smallest absolute Gasteiger partial charge is 0.306 e. The lowest BCUT2D eigenvalue weighted by molar-refractivity contribution is -0.155. The van der Waals surface area contributed by atoms with E-state index in [1.54, 1.807) is 0 Å². The molecule has 162 valence electrons. The minimum Gasteiger partial charge on any atom is -0.460 e. The van der Waals surface area contributed by atoms with Gasteiger partial charge in [-0.25, -0.2) is 0 Å². The molecule has 0 radical (unpaired) electrons. The van der Waals surface area contributed by atoms with Crippen molar-refractivity contribution in [2.45, 2.75) is 109 Å². The molecule has 1 aromatic rings. The Balaban J connectivity index is 1.76. The predicted octanol–water partition coefficient (Wildman–Crippen LogP) is 5.89. The van der Waals surface area contributed by atoms with Gasteiger partial charge >= 0.3 is 5.97 Å². The maximum absolute atomic E-state index is 12.5. The van der Waals surface area contributed by atoms with Gasteiger partial charge in [0, 0.05) is 23.8 Å². The Morgan fingerprint density at radius 1 is 1.24 bits per heavy atom. The molecule has 0 aromatic carbocycles. The first-order chi connectivity index (χ1) is 13.7. The highest BCUT2D eigenvalue weighted by atomic mass is 16.6. The Hall–Kier alpha value is -1.65. The van der Waals surface area contributed by atoms with Crippen LogP contribution in [0, 0.1) is 11.8 Å². The number of esters is 1. The first-order valence-corrected chi connectivity index (χ1v) is 11.3. The topological polar surface area (TPSA) is 69.4 Å². The first-order valence-electron chi connectivity index (χ1n) is 11.3. The number of hydrogen-bond donors (Lipinski definition) is 0. The van der Waals surface area contributed by atoms with Crippen LogP contribution in [0.1, 0.15) is 121 Å². The molecule has 0 saturated heterocycles. The number of aromatic nitrogens is 1. The van der Waals surface area contributed by atoms with Crippen LogP contribution in [0.3, 0.4) is 0 Å². The maximum Gasteiger partial charge on any atom is 0.306 e. The fourth-order valence-corrected chi connectivity index (χ4v) is 4.69. The van der Waals surface area contributed by atoms with Crippen LogP contribution in [0.5, 0.6) is 0 Å². The quantitative estimate of drug-likeness (QED) is 0.360. The summed E-state index contributed by atoms with van der Waals surface area (Å²) in [7, 11) is 0. The molecule has 5 nitrogen and oxygen atoms in total. The van der Waals surface area contributed by atoms with Gasteiger partial charge in [0.1, 0.15) is 17.6 Å². The standard InChI is InChI=1S/C24H37NO4/c1-15(2)11-16-12-19(13-16)23-21(17-8-9-17)22(25-29-23)18(7-6-10-26)14-20(27)28-24(3,4)5/h10,15-19H,6-9,11-14H2,1-5H3/t16?,18-,19?/m0/s1. The second-order valence-corrected chi connectivity index (χ2v) is 10.5. The summed E-state index contributed by atoms with van der Waals surface area (Å²) in [5, 5.41) is 4.47. The minimum atomic E-state index is -0.516. The molecule has 2 saturated carbocycles. The molecular formula is C24H37NO4. The number of ether oxygens (including phenoxy) is 1. The van der Waals surface area contributed by atoms with Crippen LogP contribution in [0.4, 0.5) is 0 Å². The minimum absolute atomic E-state index is 0.116. The second kappa shape index (κ2) is 9.01. The van der Waals surface area contributed by atoms with Crippen molar-refractivity contribution in [1.29, 1.82) is 0 Å². The molecule has 0 unspecified atom stereocenters. The van der Waals surface area contributed by atoms with Crippen molar-refractivity contribution >= 4 is 12.3 Å². The lowest BCUT2D eigenvalue weighted by Crippen LogP contribution is -2.25. The largest absolute Gasteiger partial charge is 0.460 e. The van der Waals surface area contributed by atoms with Gasteiger partial charge in [-0.2, -0.15) is 0 Å². The molecule has 5 heteroatoms. The van der Waals surface area contributed by atoms with Gasteiger partial charge in [0.2, 0.25) is 0 Å². The molecular weight excluding hydrogens is 366 g/mol. The van der Waals surface area contributed by atoms with E-state index in [4.69, 9.17) is 9.26 Å². The lowest BCUT2D eigenvalue weighted by atomic mass is 9.69. The van der Waals surface area contributed by atoms with E-state index < -0.39 is 5.60 Å². The van der Waals surface area contributed by atoms with Crippen molar-refractivity contribution in [3.05, 3.63) is 17.0 Å². The van der Waals surface area contributed by atoms with E-state index in [0.29, 0.717) is 24.7 Å². The number of carbonyl (C=O) groups is 2. The molecule has 29 heavy (non-hydrogen) atoms. The van der Waals surface area contributed by atoms with Gasteiger partial charge < -0.3 is 14.1 Å². The Labute approximate surface area is 174 Å². The molecule has 2 fully saturated rings. The van der Waals surface area contributed by atoms with Crippen LogP contribution >= 0.6 is 0 Å². The van der Waals surface area contributed by atoms with Crippen molar-refractivity contribution in [2.24, 2.45) is 11.8 Å². The van der Waals surface area contributed by atoms with E-state index in [1.807, 2.05) is 20.8 Å². The zero-order chi connectivity index (χ0) is 21.2. The average molecular weight is 404 g/mol. The highest BCUT2D eigenvalue weighted by Crippen LogP contribution is 2.52. The SMILES string of the molecule is CC(C)CC1CC(c2onc([C@@H](CCC=O)CC(=O)OC(C)(C)C)c2C2CC2)C1. The summed E-state index contributed by atoms with van der Waals surface area (Å²) in [6.07, 6.45) is 8.15. The Kier molecular flexibility index (Phi) is 6.85. The normalized spacial score (nSPS) is 23.0. The van der Waals surface area contributed by atoms with Crippen molar-refractivity contribution in [1.82, 2.24) is 5.16 Å². The Bertz CT molecular complexity index is 705. The fraction of sp³-hybridized carbons (Fsp3) is 0.792. The molecule has 0 bridgehead atoms. The van der Waals surface area contributed by atoms with Crippen LogP contribution in [-0.4, -0.2) is 23.0 Å². The van der Waals surface area contributed by atoms with Gasteiger partial charge in [-0.15, -0.1) is 0 Å². The van der Waals surface area contributed by atoms with E-state index in [0.717, 1.165) is 42.4 Å². The molecule has 2 aliphatic rings. The summed E-state index contributed by atoms with van der Waals surface area (Å²) in [6.45, 7) is 10.2. The monoisotopic (exact) mass is 403 g/mol. The van der Waals surface area contributed by atoms with Gasteiger partial charge in [-0.1, -0.05) is 19.0 Å². The molecule has 0 aliphatic heterocycles. The molecule has 1 atom stereocenters. The van der Waals surface area contributed by atoms with Crippen molar-refractivity contribution in [2.75, 3.05) is 0 Å². The molecule has 2 aliphatic carbocycles. The zero-order valence-corrected chi connectivity index (χ0v) is 18.7. The third kappa shape index (κ3) is 5.93. The highest BCUT2D eigenvalue weighted by molar-refractivity contribution is 5.71. The summed E-state index contributed by atoms with van der Waals surface area (Å²) in [6, 6.07) is 0. The summed E-state index contributed by atoms with van der Waals surface area (Å²) >= 11 is 0. The van der Waals surface area contributed by atoms with Crippen LogP contribution in [-0.2, 0) is 14.3 Å². The molecule has 0 spiro atoms. The molecule has 3 rings (SSSR count). The van der Waals surface area contributed by atoms with Crippen LogP contribution in [0.2, 0.25) is 0 Å². The van der Waals surface area contributed by atoms with Gasteiger partial charge in [0.25, 0.3) is 0 Å². The van der Waals surface area contributed by atoms with Crippen LogP contribution in [0.15, 0.2) is 4.52 Å². The van der Waals surface area contributed by atoms with E-state index in [-0.39, 0.29) is 18.3 Å². The summed E-state index contributed by atoms with van der Waals surface area (Å²) < 4.78 is 11.4. The molecule has 1 heterocycles. The summed E-state index contributed by atoms with van der Waals surface area (Å²) in [4.78, 5) is 23.5. The van der Waals surface area contributed by atoms with Crippen LogP contribution < -0.4 is 0 Å². The number of hydrogen-bond acceptors (Lipinski definition) is 5. The lowest BCUT2D eigenvalue weighted by Gasteiger charge is -2.35. The number of aldehydes is 1. The van der Waals surface area contributed by atoms with E-state index in [2.05, 4.69) is 19.0 Å². The van der Waals surface area contributed by atoms with E-state index in [1.165, 1.54) is 24.8 Å². The van der Waals surface area contributed by atoms with E-state index in [9.17, 15) is 9.59 Å². The number of nitrogens with zero attached hydrogens (tertiary/aromatic N) is 1. The third-order valence-electron chi connectivity index (χ3n) is 6.03. The van der Waals surface area contributed by atoms with Crippen molar-refractivity contribution in [3.63, 3.8) is 0 Å². The van der Waals surface area contributed by atoms with Gasteiger partial charge in [0.05, 0.1) is 12.1 Å². The van der Waals surface area contributed by atoms with Gasteiger partial charge in [-0.05, 0) is 77.0 Å². The molecule has 1 aromatic heterocycles. The van der Waals surface area contributed by atoms with E-state index >= 15 is 0 Å². The predicted molar refractivity (Wildman–Crippen MR) is 112 cm³/mol. The molecule has 0 N–H and O–H groups in total. The van der Waals surface area contributed by atoms with Crippen molar-refractivity contribution < 1.29 is 18.8 Å². The Morgan fingerprint density at radius 3 is 2.48 bits per heavy atom. The maximum atomic E-state index is 12.5. The average Bonchev–Trinajstić information content (AvgIpc) is 3.32. The van der Waals surface area contributed by atoms with Crippen LogP contribution in [0.25, 0.3) is 0 Å². The zero-order valence-electron chi connectivity index (χ0n) is 18.7. The summed E-state index contributed by atoms with van der Waals surface area (Å²) in [5.74, 6) is 3.19. The number of rotatable bonds is 10. The van der Waals surface area contributed by atoms with Crippen molar-refractivity contribution in [3.8, 4) is 0 Å². The Morgan fingerprint density at radius 2 is 1.93 bits per heavy atom. The highest BCUT2D eigenvalue weighted by Gasteiger charge is 2.41. The summed E-state index contributed by atoms with van der Waals surface area (Å²) in [5.41, 5.74) is 1.64. The first kappa shape index (κ1) is 22.0. The van der Waals surface area contributed by atoms with Gasteiger partial charge in [0.15, 0.2) is 0 Å². The fourth-order valence-electron chi connectivity index (χ4n) is 4.69. The van der Waals surface area contributed by atoms with Gasteiger partial charge in [-0.3, -0.25) is 4.79 Å². The number of carbonyl (C=O) groups excluding carboxylic acids is 2. The third-order valence-corrected chi connectivity index (χ3v) is 6.03. The molecule has 0 amide bonds.